The third-order valence-electron chi connectivity index (χ3n) is 7.22. The van der Waals surface area contributed by atoms with Crippen molar-refractivity contribution < 1.29 is 33.9 Å². The van der Waals surface area contributed by atoms with Gasteiger partial charge in [0.15, 0.2) is 5.82 Å². The van der Waals surface area contributed by atoms with Crippen molar-refractivity contribution in [3.05, 3.63) is 78.0 Å². The molecule has 0 spiro atoms. The van der Waals surface area contributed by atoms with Crippen molar-refractivity contribution in [1.82, 2.24) is 25.2 Å². The molecule has 2 heterocycles. The van der Waals surface area contributed by atoms with Crippen LogP contribution >= 0.6 is 0 Å². The van der Waals surface area contributed by atoms with Crippen molar-refractivity contribution in [2.45, 2.75) is 38.6 Å². The molecule has 0 aliphatic carbocycles. The molecule has 2 amide bonds. The summed E-state index contributed by atoms with van der Waals surface area (Å²) in [4.78, 5) is 65.9. The molecule has 0 radical (unpaired) electrons. The highest BCUT2D eigenvalue weighted by Gasteiger charge is 2.31. The molecule has 2 aromatic carbocycles. The summed E-state index contributed by atoms with van der Waals surface area (Å²) >= 11 is 0. The molecule has 13 nitrogen and oxygen atoms in total. The summed E-state index contributed by atoms with van der Waals surface area (Å²) in [7, 11) is 0. The number of anilines is 1. The average molecular weight is 619 g/mol. The van der Waals surface area contributed by atoms with Gasteiger partial charge in [0.1, 0.15) is 17.6 Å². The molecule has 1 aromatic heterocycles. The van der Waals surface area contributed by atoms with E-state index in [-0.39, 0.29) is 57.2 Å². The van der Waals surface area contributed by atoms with Crippen LogP contribution in [0.5, 0.6) is 0 Å². The Kier molecular flexibility index (Phi) is 11.8. The van der Waals surface area contributed by atoms with Gasteiger partial charge in [-0.1, -0.05) is 67.6 Å². The average Bonchev–Trinajstić information content (AvgIpc) is 3.06. The maximum absolute atomic E-state index is 13.6. The zero-order valence-corrected chi connectivity index (χ0v) is 25.3. The van der Waals surface area contributed by atoms with Crippen LogP contribution in [0.3, 0.4) is 0 Å². The van der Waals surface area contributed by atoms with Crippen molar-refractivity contribution in [1.29, 1.82) is 0 Å². The van der Waals surface area contributed by atoms with Crippen molar-refractivity contribution in [2.24, 2.45) is 0 Å². The Morgan fingerprint density at radius 1 is 0.956 bits per heavy atom. The number of carbonyl (C=O) groups excluding carboxylic acids is 3. The number of carboxylic acid groups (broad SMARTS) is 1. The number of nitrogens with zero attached hydrogens (tertiary/aromatic N) is 4. The van der Waals surface area contributed by atoms with Gasteiger partial charge in [-0.05, 0) is 24.8 Å². The summed E-state index contributed by atoms with van der Waals surface area (Å²) < 4.78 is 4.79. The van der Waals surface area contributed by atoms with Crippen LogP contribution in [0.2, 0.25) is 0 Å². The number of benzene rings is 2. The number of ether oxygens (including phenoxy) is 1. The monoisotopic (exact) mass is 618 g/mol. The number of aliphatic carboxylic acids is 1. The predicted octanol–water partition coefficient (Wildman–Crippen LogP) is 3.55. The maximum Gasteiger partial charge on any atom is 0.527 e. The molecule has 0 bridgehead atoms. The Balaban J connectivity index is 1.50. The van der Waals surface area contributed by atoms with Crippen LogP contribution in [0.1, 0.15) is 48.7 Å². The van der Waals surface area contributed by atoms with Gasteiger partial charge >= 0.3 is 12.1 Å². The lowest BCUT2D eigenvalue weighted by Gasteiger charge is -2.35. The number of hydrogen-bond donors (Lipinski definition) is 3. The lowest BCUT2D eigenvalue weighted by molar-refractivity contribution is -0.157. The summed E-state index contributed by atoms with van der Waals surface area (Å²) in [5.41, 5.74) is 1.88. The number of nitrogens with one attached hydrogen (secondary N) is 2. The van der Waals surface area contributed by atoms with E-state index >= 15 is 0 Å². The van der Waals surface area contributed by atoms with Gasteiger partial charge in [-0.15, -0.1) is 5.06 Å². The highest BCUT2D eigenvalue weighted by molar-refractivity contribution is 5.97. The molecule has 2 atom stereocenters. The number of amides is 2. The third kappa shape index (κ3) is 9.73. The highest BCUT2D eigenvalue weighted by atomic mass is 16.8. The molecule has 1 fully saturated rings. The summed E-state index contributed by atoms with van der Waals surface area (Å²) in [6.07, 6.45) is -1.27. The fourth-order valence-electron chi connectivity index (χ4n) is 4.75. The van der Waals surface area contributed by atoms with Gasteiger partial charge in [-0.2, -0.15) is 0 Å². The number of hydrogen-bond acceptors (Lipinski definition) is 10. The zero-order valence-electron chi connectivity index (χ0n) is 25.3. The molecule has 3 N–H and O–H groups in total. The topological polar surface area (TPSA) is 163 Å². The number of piperazine rings is 1. The number of aromatic nitrogens is 2. The minimum absolute atomic E-state index is 0.0273. The van der Waals surface area contributed by atoms with Crippen LogP contribution in [-0.4, -0.2) is 94.3 Å². The molecular formula is C32H38N6O7. The van der Waals surface area contributed by atoms with Gasteiger partial charge in [0, 0.05) is 37.7 Å². The number of carboxylic acids is 1. The molecule has 238 valence electrons. The summed E-state index contributed by atoms with van der Waals surface area (Å²) in [5, 5.41) is 16.7. The molecule has 3 aromatic rings. The largest absolute Gasteiger partial charge is 0.527 e. The Morgan fingerprint density at radius 3 is 2.27 bits per heavy atom. The van der Waals surface area contributed by atoms with Crippen LogP contribution in [0.15, 0.2) is 66.7 Å². The summed E-state index contributed by atoms with van der Waals surface area (Å²) in [6.45, 7) is 5.33. The quantitative estimate of drug-likeness (QED) is 0.240. The molecule has 1 unspecified atom stereocenters. The minimum atomic E-state index is -1.12. The summed E-state index contributed by atoms with van der Waals surface area (Å²) in [5.74, 6) is -1.26. The van der Waals surface area contributed by atoms with Crippen molar-refractivity contribution in [3.8, 4) is 11.4 Å². The SMILES string of the molecule is CCOC(=O)ON1CCN(C(=O)[C@H](CCC(=O)O)NC(=O)c2cc(NCC(C)c3ccccc3)nc(-c3ccccc3)n2)CC1. The molecule has 1 saturated heterocycles. The molecule has 0 saturated carbocycles. The first-order chi connectivity index (χ1) is 21.7. The fraction of sp³-hybridized carbons (Fsp3) is 0.375. The van der Waals surface area contributed by atoms with E-state index < -0.39 is 30.0 Å². The van der Waals surface area contributed by atoms with Crippen molar-refractivity contribution >= 4 is 29.8 Å². The van der Waals surface area contributed by atoms with E-state index in [1.54, 1.807) is 6.92 Å². The smallest absolute Gasteiger partial charge is 0.481 e. The second-order valence-electron chi connectivity index (χ2n) is 10.5. The van der Waals surface area contributed by atoms with E-state index in [9.17, 15) is 24.3 Å². The van der Waals surface area contributed by atoms with E-state index in [4.69, 9.17) is 9.57 Å². The number of hydroxylamine groups is 2. The predicted molar refractivity (Wildman–Crippen MR) is 165 cm³/mol. The lowest BCUT2D eigenvalue weighted by Crippen LogP contribution is -2.55. The molecule has 1 aliphatic heterocycles. The molecule has 45 heavy (non-hydrogen) atoms. The Bertz CT molecular complexity index is 1450. The van der Waals surface area contributed by atoms with Gasteiger partial charge in [0.2, 0.25) is 5.91 Å². The standard InChI is InChI=1S/C32H38N6O7/c1-3-44-32(43)45-38-18-16-37(17-19-38)31(42)25(14-15-28(39)40)35-30(41)26-20-27(33-21-22(2)23-10-6-4-7-11-23)36-29(34-26)24-12-8-5-9-13-24/h4-13,20,22,25H,3,14-19,21H2,1-2H3,(H,35,41)(H,39,40)(H,33,34,36)/t22?,25-/m0/s1. The van der Waals surface area contributed by atoms with Crippen molar-refractivity contribution in [2.75, 3.05) is 44.6 Å². The molecular weight excluding hydrogens is 580 g/mol. The number of rotatable bonds is 13. The zero-order chi connectivity index (χ0) is 32.2. The van der Waals surface area contributed by atoms with Gasteiger partial charge < -0.3 is 30.2 Å². The molecule has 13 heteroatoms. The second kappa shape index (κ2) is 16.1. The van der Waals surface area contributed by atoms with Gasteiger partial charge in [0.25, 0.3) is 5.91 Å². The van der Waals surface area contributed by atoms with Crippen molar-refractivity contribution in [3.63, 3.8) is 0 Å². The lowest BCUT2D eigenvalue weighted by atomic mass is 10.0. The van der Waals surface area contributed by atoms with E-state index in [1.807, 2.05) is 60.7 Å². The Hall–Kier alpha value is -5.04. The van der Waals surface area contributed by atoms with Crippen LogP contribution < -0.4 is 10.6 Å². The van der Waals surface area contributed by atoms with Gasteiger partial charge in [-0.3, -0.25) is 14.4 Å². The van der Waals surface area contributed by atoms with E-state index in [0.717, 1.165) is 5.56 Å². The first-order valence-corrected chi connectivity index (χ1v) is 14.9. The maximum atomic E-state index is 13.6. The number of carbonyl (C=O) groups is 4. The van der Waals surface area contributed by atoms with E-state index in [2.05, 4.69) is 27.5 Å². The van der Waals surface area contributed by atoms with Gasteiger partial charge in [-0.25, -0.2) is 14.8 Å². The Morgan fingerprint density at radius 2 is 1.62 bits per heavy atom. The van der Waals surface area contributed by atoms with E-state index in [1.165, 1.54) is 16.0 Å². The third-order valence-corrected chi connectivity index (χ3v) is 7.22. The molecule has 4 rings (SSSR count). The normalized spacial score (nSPS) is 14.6. The second-order valence-corrected chi connectivity index (χ2v) is 10.5. The Labute approximate surface area is 261 Å². The molecule has 1 aliphatic rings. The summed E-state index contributed by atoms with van der Waals surface area (Å²) in [6, 6.07) is 19.6. The minimum Gasteiger partial charge on any atom is -0.481 e. The van der Waals surface area contributed by atoms with Crippen LogP contribution in [0.4, 0.5) is 10.6 Å². The van der Waals surface area contributed by atoms with Gasteiger partial charge in [0.05, 0.1) is 19.7 Å². The van der Waals surface area contributed by atoms with Crippen LogP contribution in [-0.2, 0) is 19.2 Å². The fourth-order valence-corrected chi connectivity index (χ4v) is 4.75. The first-order valence-electron chi connectivity index (χ1n) is 14.9. The van der Waals surface area contributed by atoms with E-state index in [0.29, 0.717) is 23.8 Å². The van der Waals surface area contributed by atoms with Crippen LogP contribution in [0.25, 0.3) is 11.4 Å². The first kappa shape index (κ1) is 32.9. The van der Waals surface area contributed by atoms with Crippen LogP contribution in [0, 0.1) is 0 Å². The highest BCUT2D eigenvalue weighted by Crippen LogP contribution is 2.20.